The fraction of sp³-hybridized carbons (Fsp3) is 0.250. The van der Waals surface area contributed by atoms with Crippen LogP contribution in [-0.2, 0) is 6.42 Å². The maximum absolute atomic E-state index is 5.70. The first kappa shape index (κ1) is 16.3. The van der Waals surface area contributed by atoms with E-state index in [-0.39, 0.29) is 0 Å². The molecular weight excluding hydrogens is 298 g/mol. The summed E-state index contributed by atoms with van der Waals surface area (Å²) in [6.45, 7) is 3.43. The lowest BCUT2D eigenvalue weighted by molar-refractivity contribution is 0.317. The third kappa shape index (κ3) is 3.66. The van der Waals surface area contributed by atoms with E-state index in [9.17, 15) is 0 Å². The summed E-state index contributed by atoms with van der Waals surface area (Å²) in [7, 11) is 0. The summed E-state index contributed by atoms with van der Waals surface area (Å²) in [6, 6.07) is 20.4. The number of nitrogens with two attached hydrogens (primary N) is 1. The number of rotatable bonds is 7. The molecule has 0 bridgehead atoms. The molecule has 1 heterocycles. The van der Waals surface area contributed by atoms with Gasteiger partial charge >= 0.3 is 0 Å². The summed E-state index contributed by atoms with van der Waals surface area (Å²) in [4.78, 5) is 0. The van der Waals surface area contributed by atoms with Crippen LogP contribution in [0.5, 0.6) is 5.75 Å². The first-order valence-electron chi connectivity index (χ1n) is 8.39. The zero-order valence-corrected chi connectivity index (χ0v) is 14.0. The molecule has 124 valence electrons. The van der Waals surface area contributed by atoms with Gasteiger partial charge in [-0.15, -0.1) is 0 Å². The molecule has 0 amide bonds. The molecule has 24 heavy (non-hydrogen) atoms. The summed E-state index contributed by atoms with van der Waals surface area (Å²) in [5, 5.41) is 4.72. The molecule has 3 aromatic rings. The average molecular weight is 321 g/mol. The first-order chi connectivity index (χ1) is 11.8. The maximum atomic E-state index is 5.70. The van der Waals surface area contributed by atoms with E-state index in [1.807, 2.05) is 35.0 Å². The summed E-state index contributed by atoms with van der Waals surface area (Å²) >= 11 is 0. The van der Waals surface area contributed by atoms with Crippen molar-refractivity contribution in [2.24, 2.45) is 5.73 Å². The zero-order chi connectivity index (χ0) is 16.8. The first-order valence-corrected chi connectivity index (χ1v) is 8.39. The van der Waals surface area contributed by atoms with E-state index in [2.05, 4.69) is 37.3 Å². The molecule has 3 rings (SSSR count). The number of ether oxygens (including phenoxy) is 1. The summed E-state index contributed by atoms with van der Waals surface area (Å²) in [6.07, 6.45) is 1.77. The number of benzene rings is 2. The topological polar surface area (TPSA) is 53.1 Å². The van der Waals surface area contributed by atoms with Gasteiger partial charge in [-0.3, -0.25) is 0 Å². The molecule has 0 aliphatic carbocycles. The molecule has 2 N–H and O–H groups in total. The number of hydrogen-bond acceptors (Lipinski definition) is 3. The van der Waals surface area contributed by atoms with E-state index in [1.165, 1.54) is 0 Å². The fourth-order valence-corrected chi connectivity index (χ4v) is 2.61. The van der Waals surface area contributed by atoms with E-state index >= 15 is 0 Å². The number of nitrogens with zero attached hydrogens (tertiary/aromatic N) is 2. The molecule has 0 saturated carbocycles. The van der Waals surface area contributed by atoms with Crippen LogP contribution >= 0.6 is 0 Å². The van der Waals surface area contributed by atoms with Crippen molar-refractivity contribution in [2.45, 2.75) is 19.8 Å². The van der Waals surface area contributed by atoms with Crippen molar-refractivity contribution in [1.29, 1.82) is 0 Å². The Morgan fingerprint density at radius 2 is 1.79 bits per heavy atom. The van der Waals surface area contributed by atoms with Gasteiger partial charge < -0.3 is 10.5 Å². The molecule has 0 aliphatic heterocycles. The molecule has 0 aliphatic rings. The lowest BCUT2D eigenvalue weighted by Crippen LogP contribution is -2.04. The fourth-order valence-electron chi connectivity index (χ4n) is 2.61. The van der Waals surface area contributed by atoms with Crippen molar-refractivity contribution in [3.63, 3.8) is 0 Å². The predicted octanol–water partition coefficient (Wildman–Crippen LogP) is 3.83. The highest BCUT2D eigenvalue weighted by molar-refractivity contribution is 5.63. The number of hydrogen-bond donors (Lipinski definition) is 1. The second kappa shape index (κ2) is 7.79. The quantitative estimate of drug-likeness (QED) is 0.719. The van der Waals surface area contributed by atoms with Gasteiger partial charge in [0.1, 0.15) is 5.75 Å². The Labute approximate surface area is 142 Å². The molecule has 4 heteroatoms. The predicted molar refractivity (Wildman–Crippen MR) is 97.5 cm³/mol. The third-order valence-electron chi connectivity index (χ3n) is 3.78. The van der Waals surface area contributed by atoms with Gasteiger partial charge in [0.05, 0.1) is 23.7 Å². The van der Waals surface area contributed by atoms with Gasteiger partial charge in [-0.05, 0) is 55.4 Å². The summed E-state index contributed by atoms with van der Waals surface area (Å²) in [5.74, 6) is 0.897. The average Bonchev–Trinajstić information content (AvgIpc) is 3.05. The molecule has 0 radical (unpaired) electrons. The third-order valence-corrected chi connectivity index (χ3v) is 3.78. The highest BCUT2D eigenvalue weighted by Crippen LogP contribution is 2.26. The van der Waals surface area contributed by atoms with Gasteiger partial charge in [-0.1, -0.05) is 25.1 Å². The molecule has 0 fully saturated rings. The maximum Gasteiger partial charge on any atom is 0.119 e. The van der Waals surface area contributed by atoms with Crippen LogP contribution in [0.25, 0.3) is 16.9 Å². The second-order valence-corrected chi connectivity index (χ2v) is 5.68. The van der Waals surface area contributed by atoms with Crippen LogP contribution in [0.2, 0.25) is 0 Å². The van der Waals surface area contributed by atoms with Gasteiger partial charge in [-0.2, -0.15) is 5.10 Å². The summed E-state index contributed by atoms with van der Waals surface area (Å²) < 4.78 is 7.64. The van der Waals surface area contributed by atoms with Crippen molar-refractivity contribution in [1.82, 2.24) is 9.78 Å². The number of aromatic nitrogens is 2. The molecular formula is C20H23N3O. The highest BCUT2D eigenvalue weighted by Gasteiger charge is 2.11. The standard InChI is InChI=1S/C20H23N3O/c1-2-14-24-19-10-8-16(9-11-19)20-15-17(12-13-21)22-23(20)18-6-4-3-5-7-18/h3-11,15H,2,12-14,21H2,1H3. The monoisotopic (exact) mass is 321 g/mol. The van der Waals surface area contributed by atoms with E-state index in [1.54, 1.807) is 0 Å². The molecule has 0 atom stereocenters. The van der Waals surface area contributed by atoms with Crippen LogP contribution < -0.4 is 10.5 Å². The Morgan fingerprint density at radius 1 is 1.04 bits per heavy atom. The zero-order valence-electron chi connectivity index (χ0n) is 14.0. The van der Waals surface area contributed by atoms with Gasteiger partial charge in [0.2, 0.25) is 0 Å². The largest absolute Gasteiger partial charge is 0.494 e. The minimum absolute atomic E-state index is 0.592. The van der Waals surface area contributed by atoms with E-state index < -0.39 is 0 Å². The Kier molecular flexibility index (Phi) is 5.29. The summed E-state index contributed by atoms with van der Waals surface area (Å²) in [5.41, 5.74) is 9.92. The Morgan fingerprint density at radius 3 is 2.46 bits per heavy atom. The van der Waals surface area contributed by atoms with Crippen LogP contribution in [0.4, 0.5) is 0 Å². The van der Waals surface area contributed by atoms with Crippen molar-refractivity contribution in [3.8, 4) is 22.7 Å². The lowest BCUT2D eigenvalue weighted by atomic mass is 10.1. The SMILES string of the molecule is CCCOc1ccc(-c2cc(CCN)nn2-c2ccccc2)cc1. The second-order valence-electron chi connectivity index (χ2n) is 5.68. The normalized spacial score (nSPS) is 10.8. The van der Waals surface area contributed by atoms with Crippen molar-refractivity contribution >= 4 is 0 Å². The van der Waals surface area contributed by atoms with Crippen molar-refractivity contribution in [3.05, 3.63) is 66.4 Å². The van der Waals surface area contributed by atoms with Gasteiger partial charge in [0, 0.05) is 12.0 Å². The number of para-hydroxylation sites is 1. The molecule has 2 aromatic carbocycles. The minimum Gasteiger partial charge on any atom is -0.494 e. The Balaban J connectivity index is 1.97. The van der Waals surface area contributed by atoms with E-state index in [0.717, 1.165) is 47.8 Å². The lowest BCUT2D eigenvalue weighted by Gasteiger charge is -2.09. The van der Waals surface area contributed by atoms with Crippen LogP contribution in [0.3, 0.4) is 0 Å². The Hall–Kier alpha value is -2.59. The minimum atomic E-state index is 0.592. The highest BCUT2D eigenvalue weighted by atomic mass is 16.5. The van der Waals surface area contributed by atoms with Gasteiger partial charge in [0.15, 0.2) is 0 Å². The molecule has 0 saturated heterocycles. The van der Waals surface area contributed by atoms with E-state index in [4.69, 9.17) is 15.6 Å². The molecule has 1 aromatic heterocycles. The van der Waals surface area contributed by atoms with Crippen LogP contribution in [-0.4, -0.2) is 22.9 Å². The van der Waals surface area contributed by atoms with Crippen molar-refractivity contribution in [2.75, 3.05) is 13.2 Å². The van der Waals surface area contributed by atoms with Gasteiger partial charge in [-0.25, -0.2) is 4.68 Å². The van der Waals surface area contributed by atoms with Crippen LogP contribution in [0.15, 0.2) is 60.7 Å². The molecule has 0 spiro atoms. The van der Waals surface area contributed by atoms with Crippen LogP contribution in [0, 0.1) is 0 Å². The van der Waals surface area contributed by atoms with Gasteiger partial charge in [0.25, 0.3) is 0 Å². The van der Waals surface area contributed by atoms with E-state index in [0.29, 0.717) is 6.54 Å². The Bertz CT molecular complexity index is 763. The van der Waals surface area contributed by atoms with Crippen molar-refractivity contribution < 1.29 is 4.74 Å². The smallest absolute Gasteiger partial charge is 0.119 e. The molecule has 4 nitrogen and oxygen atoms in total. The van der Waals surface area contributed by atoms with Crippen LogP contribution in [0.1, 0.15) is 19.0 Å². The molecule has 0 unspecified atom stereocenters.